The van der Waals surface area contributed by atoms with Gasteiger partial charge >= 0.3 is 0 Å². The van der Waals surface area contributed by atoms with Gasteiger partial charge in [-0.15, -0.1) is 5.10 Å². The number of hydrogen-bond acceptors (Lipinski definition) is 6. The average molecular weight is 484 g/mol. The van der Waals surface area contributed by atoms with Gasteiger partial charge in [0.2, 0.25) is 0 Å². The van der Waals surface area contributed by atoms with Crippen LogP contribution >= 0.6 is 11.6 Å². The lowest BCUT2D eigenvalue weighted by Gasteiger charge is -2.15. The summed E-state index contributed by atoms with van der Waals surface area (Å²) in [5, 5.41) is 12.0. The standard InChI is InChI=1S/C25H18ClN7O2/c26-18-5-7-22(32-14-28-30-31-32)20(11-18)17-9-19-6-8-23(33(19)24(35)10-17)25-27-12-21(29-25)16-3-1-15(13-34)2-4-16/h1-5,7,9-14,23H,6,8H2,(H,27,29)/t23-/m0/s1. The molecule has 6 rings (SSSR count). The highest BCUT2D eigenvalue weighted by Crippen LogP contribution is 2.34. The van der Waals surface area contributed by atoms with Crippen molar-refractivity contribution in [3.05, 3.63) is 99.6 Å². The number of H-pyrrole nitrogens is 1. The van der Waals surface area contributed by atoms with Crippen molar-refractivity contribution in [1.29, 1.82) is 0 Å². The number of nitrogens with zero attached hydrogens (tertiary/aromatic N) is 6. The zero-order chi connectivity index (χ0) is 23.9. The van der Waals surface area contributed by atoms with Crippen molar-refractivity contribution in [1.82, 2.24) is 34.7 Å². The van der Waals surface area contributed by atoms with Gasteiger partial charge in [-0.2, -0.15) is 4.68 Å². The fraction of sp³-hybridized carbons (Fsp3) is 0.120. The fourth-order valence-electron chi connectivity index (χ4n) is 4.61. The number of aldehydes is 1. The van der Waals surface area contributed by atoms with E-state index >= 15 is 0 Å². The molecule has 0 amide bonds. The van der Waals surface area contributed by atoms with Crippen LogP contribution in [0.25, 0.3) is 28.1 Å². The van der Waals surface area contributed by atoms with Gasteiger partial charge in [0.1, 0.15) is 18.4 Å². The van der Waals surface area contributed by atoms with E-state index in [-0.39, 0.29) is 11.6 Å². The van der Waals surface area contributed by atoms with E-state index in [1.165, 1.54) is 6.33 Å². The molecule has 172 valence electrons. The Bertz CT molecular complexity index is 1600. The first kappa shape index (κ1) is 21.2. The largest absolute Gasteiger partial charge is 0.340 e. The number of pyridine rings is 1. The summed E-state index contributed by atoms with van der Waals surface area (Å²) in [7, 11) is 0. The van der Waals surface area contributed by atoms with Gasteiger partial charge < -0.3 is 9.55 Å². The van der Waals surface area contributed by atoms with Crippen LogP contribution < -0.4 is 5.56 Å². The summed E-state index contributed by atoms with van der Waals surface area (Å²) in [6.07, 6.45) is 5.56. The van der Waals surface area contributed by atoms with E-state index in [2.05, 4.69) is 25.5 Å². The van der Waals surface area contributed by atoms with Gasteiger partial charge in [-0.1, -0.05) is 35.9 Å². The van der Waals surface area contributed by atoms with Crippen LogP contribution in [0.5, 0.6) is 0 Å². The summed E-state index contributed by atoms with van der Waals surface area (Å²) < 4.78 is 3.34. The highest BCUT2D eigenvalue weighted by Gasteiger charge is 2.28. The number of nitrogens with one attached hydrogen (secondary N) is 1. The summed E-state index contributed by atoms with van der Waals surface area (Å²) in [4.78, 5) is 32.2. The van der Waals surface area contributed by atoms with Crippen LogP contribution in [0, 0.1) is 0 Å². The summed E-state index contributed by atoms with van der Waals surface area (Å²) in [6, 6.07) is 16.1. The maximum atomic E-state index is 13.3. The van der Waals surface area contributed by atoms with Crippen molar-refractivity contribution < 1.29 is 4.79 Å². The third kappa shape index (κ3) is 3.75. The third-order valence-electron chi connectivity index (χ3n) is 6.27. The average Bonchev–Trinajstić information content (AvgIpc) is 3.65. The maximum Gasteiger partial charge on any atom is 0.252 e. The minimum Gasteiger partial charge on any atom is -0.340 e. The highest BCUT2D eigenvalue weighted by molar-refractivity contribution is 6.31. The van der Waals surface area contributed by atoms with Crippen LogP contribution in [0.4, 0.5) is 0 Å². The number of halogens is 1. The van der Waals surface area contributed by atoms with Crippen LogP contribution in [-0.4, -0.2) is 41.0 Å². The third-order valence-corrected chi connectivity index (χ3v) is 6.50. The van der Waals surface area contributed by atoms with Gasteiger partial charge in [-0.3, -0.25) is 9.59 Å². The number of aryl methyl sites for hydroxylation is 1. The van der Waals surface area contributed by atoms with Crippen molar-refractivity contribution in [3.8, 4) is 28.1 Å². The van der Waals surface area contributed by atoms with Crippen molar-refractivity contribution in [2.24, 2.45) is 0 Å². The van der Waals surface area contributed by atoms with Crippen LogP contribution in [0.1, 0.15) is 34.3 Å². The molecule has 0 saturated carbocycles. The molecule has 10 heteroatoms. The fourth-order valence-corrected chi connectivity index (χ4v) is 4.79. The molecule has 1 aliphatic rings. The van der Waals surface area contributed by atoms with Crippen LogP contribution in [-0.2, 0) is 6.42 Å². The summed E-state index contributed by atoms with van der Waals surface area (Å²) in [5.41, 5.74) is 5.44. The zero-order valence-electron chi connectivity index (χ0n) is 18.3. The Balaban J connectivity index is 1.37. The smallest absolute Gasteiger partial charge is 0.252 e. The van der Waals surface area contributed by atoms with E-state index in [0.29, 0.717) is 10.6 Å². The zero-order valence-corrected chi connectivity index (χ0v) is 19.1. The SMILES string of the molecule is O=Cc1ccc(-c2cnc([C@@H]3CCc4cc(-c5cc(Cl)ccc5-n5cnnn5)cc(=O)n43)[nH]2)cc1. The summed E-state index contributed by atoms with van der Waals surface area (Å²) in [6.45, 7) is 0. The lowest BCUT2D eigenvalue weighted by molar-refractivity contribution is 0.112. The first-order valence-electron chi connectivity index (χ1n) is 11.0. The Morgan fingerprint density at radius 1 is 1.06 bits per heavy atom. The molecule has 0 bridgehead atoms. The molecule has 0 aliphatic carbocycles. The quantitative estimate of drug-likeness (QED) is 0.380. The highest BCUT2D eigenvalue weighted by atomic mass is 35.5. The van der Waals surface area contributed by atoms with Crippen LogP contribution in [0.2, 0.25) is 5.02 Å². The van der Waals surface area contributed by atoms with Gasteiger partial charge in [-0.05, 0) is 58.7 Å². The van der Waals surface area contributed by atoms with E-state index in [4.69, 9.17) is 11.6 Å². The number of carbonyl (C=O) groups excluding carboxylic acids is 1. The Kier molecular flexibility index (Phi) is 5.11. The second-order valence-corrected chi connectivity index (χ2v) is 8.77. The number of benzene rings is 2. The minimum absolute atomic E-state index is 0.115. The number of rotatable bonds is 5. The van der Waals surface area contributed by atoms with E-state index in [1.54, 1.807) is 39.7 Å². The first-order chi connectivity index (χ1) is 17.1. The van der Waals surface area contributed by atoms with Gasteiger partial charge in [0.25, 0.3) is 5.56 Å². The Morgan fingerprint density at radius 3 is 2.69 bits per heavy atom. The molecule has 1 N–H and O–H groups in total. The monoisotopic (exact) mass is 483 g/mol. The number of aromatic amines is 1. The number of hydrogen-bond donors (Lipinski definition) is 1. The topological polar surface area (TPSA) is 111 Å². The van der Waals surface area contributed by atoms with Gasteiger partial charge in [0.15, 0.2) is 0 Å². The summed E-state index contributed by atoms with van der Waals surface area (Å²) in [5.74, 6) is 0.727. The van der Waals surface area contributed by atoms with Crippen LogP contribution in [0.3, 0.4) is 0 Å². The molecular formula is C25H18ClN7O2. The molecule has 2 aromatic carbocycles. The molecule has 4 heterocycles. The van der Waals surface area contributed by atoms with Crippen LogP contribution in [0.15, 0.2) is 71.9 Å². The Labute approximate surface area is 204 Å². The normalized spacial score (nSPS) is 14.7. The van der Waals surface area contributed by atoms with E-state index in [1.807, 2.05) is 30.3 Å². The predicted octanol–water partition coefficient (Wildman–Crippen LogP) is 3.88. The second-order valence-electron chi connectivity index (χ2n) is 8.34. The summed E-state index contributed by atoms with van der Waals surface area (Å²) >= 11 is 6.28. The molecule has 0 unspecified atom stereocenters. The van der Waals surface area contributed by atoms with E-state index < -0.39 is 0 Å². The Hall–Kier alpha value is -4.37. The van der Waals surface area contributed by atoms with Gasteiger partial charge in [0.05, 0.1) is 23.6 Å². The van der Waals surface area contributed by atoms with Gasteiger partial charge in [-0.25, -0.2) is 4.98 Å². The molecule has 5 aromatic rings. The number of aromatic nitrogens is 7. The molecule has 0 saturated heterocycles. The molecule has 0 spiro atoms. The molecule has 0 radical (unpaired) electrons. The molecule has 1 aliphatic heterocycles. The number of tetrazole rings is 1. The number of carbonyl (C=O) groups is 1. The molecule has 35 heavy (non-hydrogen) atoms. The first-order valence-corrected chi connectivity index (χ1v) is 11.4. The second kappa shape index (κ2) is 8.44. The number of imidazole rings is 1. The molecule has 1 atom stereocenters. The van der Waals surface area contributed by atoms with Crippen molar-refractivity contribution in [3.63, 3.8) is 0 Å². The van der Waals surface area contributed by atoms with Gasteiger partial charge in [0, 0.05) is 27.9 Å². The minimum atomic E-state index is -0.187. The molecule has 3 aromatic heterocycles. The molecule has 9 nitrogen and oxygen atoms in total. The molecule has 0 fully saturated rings. The van der Waals surface area contributed by atoms with E-state index in [0.717, 1.165) is 58.7 Å². The Morgan fingerprint density at radius 2 is 1.91 bits per heavy atom. The van der Waals surface area contributed by atoms with E-state index in [9.17, 15) is 9.59 Å². The molecular weight excluding hydrogens is 466 g/mol. The van der Waals surface area contributed by atoms with Crippen molar-refractivity contribution >= 4 is 17.9 Å². The maximum absolute atomic E-state index is 13.3. The lowest BCUT2D eigenvalue weighted by atomic mass is 10.0. The predicted molar refractivity (Wildman–Crippen MR) is 130 cm³/mol. The number of fused-ring (bicyclic) bond motifs is 1. The van der Waals surface area contributed by atoms with Crippen molar-refractivity contribution in [2.45, 2.75) is 18.9 Å². The lowest BCUT2D eigenvalue weighted by Crippen LogP contribution is -2.23. The van der Waals surface area contributed by atoms with Crippen molar-refractivity contribution in [2.75, 3.05) is 0 Å².